The summed E-state index contributed by atoms with van der Waals surface area (Å²) < 4.78 is 5.01. The van der Waals surface area contributed by atoms with E-state index in [1.165, 1.54) is 6.08 Å². The lowest BCUT2D eigenvalue weighted by Gasteiger charge is -2.11. The fourth-order valence-electron chi connectivity index (χ4n) is 0.768. The first-order valence-corrected chi connectivity index (χ1v) is 5.82. The van der Waals surface area contributed by atoms with Crippen LogP contribution in [0.2, 0.25) is 0 Å². The van der Waals surface area contributed by atoms with Crippen LogP contribution in [0.4, 0.5) is 0 Å². The lowest BCUT2D eigenvalue weighted by atomic mass is 10.2. The highest BCUT2D eigenvalue weighted by atomic mass is 16.5. The standard InChI is InChI=1S/C10H18O4.C3H4O2/c1-4-8(3)14-10(13)7(2)5-9(12)6-11;1-2-3(4)5/h5,8-9,11-12H,4,6H2,1-3H3;2H,1H2,(H,4,5). The van der Waals surface area contributed by atoms with Gasteiger partial charge in [-0.25, -0.2) is 9.59 Å². The molecule has 19 heavy (non-hydrogen) atoms. The van der Waals surface area contributed by atoms with Gasteiger partial charge in [-0.3, -0.25) is 0 Å². The summed E-state index contributed by atoms with van der Waals surface area (Å²) in [7, 11) is 0. The molecule has 0 amide bonds. The van der Waals surface area contributed by atoms with Crippen LogP contribution in [-0.4, -0.2) is 46.1 Å². The third-order valence-corrected chi connectivity index (χ3v) is 2.01. The monoisotopic (exact) mass is 274 g/mol. The van der Waals surface area contributed by atoms with E-state index in [9.17, 15) is 9.59 Å². The average molecular weight is 274 g/mol. The molecule has 2 atom stereocenters. The molecule has 6 nitrogen and oxygen atoms in total. The minimum Gasteiger partial charge on any atom is -0.478 e. The molecule has 0 aromatic heterocycles. The fraction of sp³-hybridized carbons (Fsp3) is 0.538. The molecule has 3 N–H and O–H groups in total. The molecule has 110 valence electrons. The van der Waals surface area contributed by atoms with Crippen molar-refractivity contribution < 1.29 is 29.6 Å². The number of aliphatic hydroxyl groups is 2. The second-order valence-electron chi connectivity index (χ2n) is 3.77. The fourth-order valence-corrected chi connectivity index (χ4v) is 0.768. The van der Waals surface area contributed by atoms with Gasteiger partial charge in [0, 0.05) is 11.6 Å². The van der Waals surface area contributed by atoms with E-state index in [-0.39, 0.29) is 6.10 Å². The van der Waals surface area contributed by atoms with Crippen molar-refractivity contribution in [3.63, 3.8) is 0 Å². The van der Waals surface area contributed by atoms with E-state index in [4.69, 9.17) is 20.1 Å². The SMILES string of the molecule is C=CC(=O)O.CCC(C)OC(=O)C(C)=CC(O)CO. The normalized spacial score (nSPS) is 13.6. The van der Waals surface area contributed by atoms with Crippen molar-refractivity contribution in [2.45, 2.75) is 39.4 Å². The Morgan fingerprint density at radius 3 is 2.21 bits per heavy atom. The third-order valence-electron chi connectivity index (χ3n) is 2.01. The molecule has 0 aliphatic rings. The van der Waals surface area contributed by atoms with E-state index in [0.717, 1.165) is 12.5 Å². The van der Waals surface area contributed by atoms with E-state index in [0.29, 0.717) is 5.57 Å². The Morgan fingerprint density at radius 2 is 1.89 bits per heavy atom. The Balaban J connectivity index is 0. The largest absolute Gasteiger partial charge is 0.478 e. The van der Waals surface area contributed by atoms with E-state index in [1.54, 1.807) is 13.8 Å². The van der Waals surface area contributed by atoms with E-state index in [1.807, 2.05) is 6.92 Å². The van der Waals surface area contributed by atoms with Crippen molar-refractivity contribution in [1.82, 2.24) is 0 Å². The Morgan fingerprint density at radius 1 is 1.42 bits per heavy atom. The highest BCUT2D eigenvalue weighted by molar-refractivity contribution is 5.87. The van der Waals surface area contributed by atoms with Crippen LogP contribution in [-0.2, 0) is 14.3 Å². The molecule has 0 bridgehead atoms. The number of aliphatic hydroxyl groups excluding tert-OH is 2. The summed E-state index contributed by atoms with van der Waals surface area (Å²) in [6.07, 6.45) is 1.74. The molecular formula is C13H22O6. The number of hydrogen-bond donors (Lipinski definition) is 3. The minimum absolute atomic E-state index is 0.128. The first-order valence-electron chi connectivity index (χ1n) is 5.82. The Hall–Kier alpha value is -1.66. The summed E-state index contributed by atoms with van der Waals surface area (Å²) >= 11 is 0. The summed E-state index contributed by atoms with van der Waals surface area (Å²) in [6.45, 7) is 7.83. The van der Waals surface area contributed by atoms with Gasteiger partial charge in [-0.1, -0.05) is 13.5 Å². The second kappa shape index (κ2) is 11.4. The first kappa shape index (κ1) is 19.7. The van der Waals surface area contributed by atoms with Gasteiger partial charge in [-0.15, -0.1) is 0 Å². The van der Waals surface area contributed by atoms with E-state index >= 15 is 0 Å². The van der Waals surface area contributed by atoms with Crippen LogP contribution in [0.15, 0.2) is 24.3 Å². The van der Waals surface area contributed by atoms with Crippen molar-refractivity contribution in [3.05, 3.63) is 24.3 Å². The zero-order chi connectivity index (χ0) is 15.4. The Bertz CT molecular complexity index is 321. The predicted octanol–water partition coefficient (Wildman–Crippen LogP) is 0.885. The molecule has 0 rings (SSSR count). The van der Waals surface area contributed by atoms with Crippen molar-refractivity contribution in [1.29, 1.82) is 0 Å². The molecule has 0 saturated carbocycles. The molecule has 0 aliphatic carbocycles. The maximum Gasteiger partial charge on any atom is 0.333 e. The lowest BCUT2D eigenvalue weighted by molar-refractivity contribution is -0.143. The van der Waals surface area contributed by atoms with Crippen LogP contribution in [0.5, 0.6) is 0 Å². The quantitative estimate of drug-likeness (QED) is 0.491. The zero-order valence-corrected chi connectivity index (χ0v) is 11.5. The van der Waals surface area contributed by atoms with Gasteiger partial charge >= 0.3 is 11.9 Å². The maximum absolute atomic E-state index is 11.3. The van der Waals surface area contributed by atoms with Crippen molar-refractivity contribution >= 4 is 11.9 Å². The minimum atomic E-state index is -1.00. The van der Waals surface area contributed by atoms with Gasteiger partial charge in [0.25, 0.3) is 0 Å². The summed E-state index contributed by atoms with van der Waals surface area (Å²) in [6, 6.07) is 0. The number of aliphatic carboxylic acids is 1. The Labute approximate surface area is 113 Å². The van der Waals surface area contributed by atoms with Crippen LogP contribution < -0.4 is 0 Å². The Kier molecular flexibility index (Phi) is 11.8. The molecule has 0 radical (unpaired) electrons. The van der Waals surface area contributed by atoms with Crippen LogP contribution in [0.3, 0.4) is 0 Å². The van der Waals surface area contributed by atoms with Gasteiger partial charge in [0.2, 0.25) is 0 Å². The van der Waals surface area contributed by atoms with Gasteiger partial charge in [-0.2, -0.15) is 0 Å². The number of carbonyl (C=O) groups excluding carboxylic acids is 1. The molecule has 0 fully saturated rings. The summed E-state index contributed by atoms with van der Waals surface area (Å²) in [5.74, 6) is -1.43. The first-order chi connectivity index (χ1) is 8.78. The predicted molar refractivity (Wildman–Crippen MR) is 70.5 cm³/mol. The maximum atomic E-state index is 11.3. The van der Waals surface area contributed by atoms with E-state index in [2.05, 4.69) is 6.58 Å². The average Bonchev–Trinajstić information content (AvgIpc) is 2.38. The number of ether oxygens (including phenoxy) is 1. The molecule has 0 heterocycles. The van der Waals surface area contributed by atoms with Crippen molar-refractivity contribution in [2.75, 3.05) is 6.61 Å². The topological polar surface area (TPSA) is 104 Å². The van der Waals surface area contributed by atoms with Gasteiger partial charge in [-0.05, 0) is 26.3 Å². The molecule has 0 aromatic carbocycles. The number of carboxylic acid groups (broad SMARTS) is 1. The number of rotatable bonds is 6. The molecule has 6 heteroatoms. The number of carboxylic acids is 1. The molecule has 2 unspecified atom stereocenters. The summed E-state index contributed by atoms with van der Waals surface area (Å²) in [5.41, 5.74) is 0.312. The highest BCUT2D eigenvalue weighted by Gasteiger charge is 2.10. The summed E-state index contributed by atoms with van der Waals surface area (Å²) in [4.78, 5) is 20.5. The molecule has 0 aliphatic heterocycles. The van der Waals surface area contributed by atoms with Crippen LogP contribution in [0.1, 0.15) is 27.2 Å². The molecule has 0 saturated heterocycles. The van der Waals surface area contributed by atoms with Crippen LogP contribution in [0, 0.1) is 0 Å². The van der Waals surface area contributed by atoms with Gasteiger partial charge in [0.15, 0.2) is 0 Å². The summed E-state index contributed by atoms with van der Waals surface area (Å²) in [5, 5.41) is 25.2. The second-order valence-corrected chi connectivity index (χ2v) is 3.77. The van der Waals surface area contributed by atoms with Crippen LogP contribution >= 0.6 is 0 Å². The molecule has 0 spiro atoms. The van der Waals surface area contributed by atoms with Gasteiger partial charge in [0.05, 0.1) is 18.8 Å². The van der Waals surface area contributed by atoms with Crippen molar-refractivity contribution in [2.24, 2.45) is 0 Å². The van der Waals surface area contributed by atoms with Gasteiger partial charge < -0.3 is 20.1 Å². The number of carbonyl (C=O) groups is 2. The number of esters is 1. The highest BCUT2D eigenvalue weighted by Crippen LogP contribution is 2.04. The smallest absolute Gasteiger partial charge is 0.333 e. The van der Waals surface area contributed by atoms with Crippen molar-refractivity contribution in [3.8, 4) is 0 Å². The zero-order valence-electron chi connectivity index (χ0n) is 11.5. The third kappa shape index (κ3) is 12.6. The molecule has 0 aromatic rings. The number of hydrogen-bond acceptors (Lipinski definition) is 5. The van der Waals surface area contributed by atoms with Gasteiger partial charge in [0.1, 0.15) is 0 Å². The van der Waals surface area contributed by atoms with Crippen LogP contribution in [0.25, 0.3) is 0 Å². The molecular weight excluding hydrogens is 252 g/mol. The van der Waals surface area contributed by atoms with E-state index < -0.39 is 24.6 Å². The lowest BCUT2D eigenvalue weighted by Crippen LogP contribution is -2.17.